The molecular weight excluding hydrogens is 244 g/mol. The summed E-state index contributed by atoms with van der Waals surface area (Å²) in [5, 5.41) is 18.9. The van der Waals surface area contributed by atoms with E-state index in [2.05, 4.69) is 26.0 Å². The highest BCUT2D eigenvalue weighted by Gasteiger charge is 2.16. The molecule has 0 saturated heterocycles. The van der Waals surface area contributed by atoms with Crippen LogP contribution in [0.3, 0.4) is 0 Å². The van der Waals surface area contributed by atoms with Crippen molar-refractivity contribution in [2.24, 2.45) is 0 Å². The second-order valence-electron chi connectivity index (χ2n) is 4.30. The predicted octanol–water partition coefficient (Wildman–Crippen LogP) is 4.18. The maximum absolute atomic E-state index is 9.36. The monoisotopic (exact) mass is 260 g/mol. The fourth-order valence-corrected chi connectivity index (χ4v) is 2.52. The Labute approximate surface area is 114 Å². The Morgan fingerprint density at radius 3 is 2.28 bits per heavy atom. The van der Waals surface area contributed by atoms with Gasteiger partial charge in [-0.05, 0) is 35.6 Å². The van der Waals surface area contributed by atoms with E-state index >= 15 is 0 Å². The summed E-state index contributed by atoms with van der Waals surface area (Å²) in [6, 6.07) is 6.28. The molecule has 1 rings (SSSR count). The van der Waals surface area contributed by atoms with Crippen LogP contribution in [0, 0.1) is 22.7 Å². The molecule has 0 aliphatic rings. The van der Waals surface area contributed by atoms with Gasteiger partial charge in [0.25, 0.3) is 0 Å². The summed E-state index contributed by atoms with van der Waals surface area (Å²) in [5.74, 6) is 0. The number of nitriles is 2. The highest BCUT2D eigenvalue weighted by Crippen LogP contribution is 2.29. The van der Waals surface area contributed by atoms with Gasteiger partial charge in [-0.1, -0.05) is 38.3 Å². The van der Waals surface area contributed by atoms with Crippen molar-refractivity contribution >= 4 is 11.6 Å². The SMILES string of the molecule is CCCc1cc(Cl)c(CC#N)c(CCC)c1C#N. The van der Waals surface area contributed by atoms with Crippen LogP contribution in [-0.2, 0) is 19.3 Å². The molecule has 94 valence electrons. The van der Waals surface area contributed by atoms with Crippen LogP contribution in [0.2, 0.25) is 5.02 Å². The molecule has 0 amide bonds. The van der Waals surface area contributed by atoms with E-state index in [1.807, 2.05) is 6.07 Å². The van der Waals surface area contributed by atoms with E-state index in [9.17, 15) is 5.26 Å². The molecule has 0 fully saturated rings. The minimum atomic E-state index is 0.273. The van der Waals surface area contributed by atoms with Gasteiger partial charge in [-0.2, -0.15) is 10.5 Å². The molecule has 18 heavy (non-hydrogen) atoms. The maximum Gasteiger partial charge on any atom is 0.0997 e. The first-order valence-electron chi connectivity index (χ1n) is 6.29. The van der Waals surface area contributed by atoms with E-state index in [0.717, 1.165) is 47.9 Å². The van der Waals surface area contributed by atoms with Crippen LogP contribution in [0.15, 0.2) is 6.07 Å². The lowest BCUT2D eigenvalue weighted by molar-refractivity contribution is 0.878. The summed E-state index contributed by atoms with van der Waals surface area (Å²) in [4.78, 5) is 0. The third-order valence-electron chi connectivity index (χ3n) is 2.96. The van der Waals surface area contributed by atoms with Gasteiger partial charge >= 0.3 is 0 Å². The Bertz CT molecular complexity index is 507. The molecule has 0 spiro atoms. The smallest absolute Gasteiger partial charge is 0.0997 e. The summed E-state index contributed by atoms with van der Waals surface area (Å²) >= 11 is 6.25. The average molecular weight is 261 g/mol. The minimum absolute atomic E-state index is 0.273. The number of nitrogens with zero attached hydrogens (tertiary/aromatic N) is 2. The zero-order valence-electron chi connectivity index (χ0n) is 10.9. The van der Waals surface area contributed by atoms with Crippen LogP contribution in [0.4, 0.5) is 0 Å². The van der Waals surface area contributed by atoms with Gasteiger partial charge in [-0.3, -0.25) is 0 Å². The number of hydrogen-bond acceptors (Lipinski definition) is 2. The fourth-order valence-electron chi connectivity index (χ4n) is 2.20. The normalized spacial score (nSPS) is 9.83. The first-order valence-corrected chi connectivity index (χ1v) is 6.67. The lowest BCUT2D eigenvalue weighted by Gasteiger charge is -2.14. The minimum Gasteiger partial charge on any atom is -0.198 e. The zero-order chi connectivity index (χ0) is 13.5. The molecule has 1 aromatic rings. The maximum atomic E-state index is 9.36. The second-order valence-corrected chi connectivity index (χ2v) is 4.70. The van der Waals surface area contributed by atoms with Crippen LogP contribution in [0.25, 0.3) is 0 Å². The van der Waals surface area contributed by atoms with Crippen molar-refractivity contribution in [2.45, 2.75) is 46.0 Å². The molecule has 0 aliphatic carbocycles. The van der Waals surface area contributed by atoms with Gasteiger partial charge in [0.15, 0.2) is 0 Å². The van der Waals surface area contributed by atoms with E-state index in [-0.39, 0.29) is 6.42 Å². The molecule has 0 radical (unpaired) electrons. The van der Waals surface area contributed by atoms with Crippen molar-refractivity contribution in [3.05, 3.63) is 33.3 Å². The Hall–Kier alpha value is -1.51. The third-order valence-corrected chi connectivity index (χ3v) is 3.30. The number of aryl methyl sites for hydroxylation is 1. The Kier molecular flexibility index (Phi) is 5.69. The fraction of sp³-hybridized carbons (Fsp3) is 0.467. The Morgan fingerprint density at radius 1 is 1.11 bits per heavy atom. The first kappa shape index (κ1) is 14.6. The van der Waals surface area contributed by atoms with Crippen molar-refractivity contribution in [1.82, 2.24) is 0 Å². The number of rotatable bonds is 5. The van der Waals surface area contributed by atoms with E-state index in [1.165, 1.54) is 0 Å². The molecule has 1 aromatic carbocycles. The third kappa shape index (κ3) is 3.03. The van der Waals surface area contributed by atoms with Gasteiger partial charge in [-0.25, -0.2) is 0 Å². The highest BCUT2D eigenvalue weighted by molar-refractivity contribution is 6.31. The second kappa shape index (κ2) is 7.04. The summed E-state index contributed by atoms with van der Waals surface area (Å²) in [5.41, 5.74) is 3.54. The first-order chi connectivity index (χ1) is 8.69. The molecule has 0 N–H and O–H groups in total. The summed E-state index contributed by atoms with van der Waals surface area (Å²) in [7, 11) is 0. The predicted molar refractivity (Wildman–Crippen MR) is 73.5 cm³/mol. The van der Waals surface area contributed by atoms with Gasteiger partial charge in [0.1, 0.15) is 0 Å². The largest absolute Gasteiger partial charge is 0.198 e. The molecule has 0 bridgehead atoms. The van der Waals surface area contributed by atoms with Gasteiger partial charge in [0, 0.05) is 5.02 Å². The number of hydrogen-bond donors (Lipinski definition) is 0. The van der Waals surface area contributed by atoms with Crippen molar-refractivity contribution < 1.29 is 0 Å². The van der Waals surface area contributed by atoms with E-state index < -0.39 is 0 Å². The standard InChI is InChI=1S/C15H17ClN2/c1-3-5-11-9-15(16)13(7-8-17)12(6-4-2)14(11)10-18/h9H,3-7H2,1-2H3. The topological polar surface area (TPSA) is 47.6 Å². The van der Waals surface area contributed by atoms with E-state index in [4.69, 9.17) is 16.9 Å². The molecule has 3 heteroatoms. The molecule has 0 heterocycles. The molecule has 0 atom stereocenters. The molecule has 0 unspecified atom stereocenters. The van der Waals surface area contributed by atoms with E-state index in [0.29, 0.717) is 5.02 Å². The van der Waals surface area contributed by atoms with E-state index in [1.54, 1.807) is 0 Å². The molecule has 0 aliphatic heterocycles. The van der Waals surface area contributed by atoms with Crippen LogP contribution in [0.5, 0.6) is 0 Å². The number of halogens is 1. The molecule has 0 saturated carbocycles. The Morgan fingerprint density at radius 2 is 1.78 bits per heavy atom. The quantitative estimate of drug-likeness (QED) is 0.797. The lowest BCUT2D eigenvalue weighted by Crippen LogP contribution is -2.03. The number of benzene rings is 1. The van der Waals surface area contributed by atoms with Gasteiger partial charge in [-0.15, -0.1) is 0 Å². The summed E-state index contributed by atoms with van der Waals surface area (Å²) in [6.07, 6.45) is 3.85. The van der Waals surface area contributed by atoms with Crippen LogP contribution in [0.1, 0.15) is 48.9 Å². The van der Waals surface area contributed by atoms with Crippen molar-refractivity contribution in [3.8, 4) is 12.1 Å². The zero-order valence-corrected chi connectivity index (χ0v) is 11.6. The van der Waals surface area contributed by atoms with Gasteiger partial charge in [0.2, 0.25) is 0 Å². The van der Waals surface area contributed by atoms with Crippen molar-refractivity contribution in [2.75, 3.05) is 0 Å². The van der Waals surface area contributed by atoms with Crippen LogP contribution in [-0.4, -0.2) is 0 Å². The van der Waals surface area contributed by atoms with Crippen molar-refractivity contribution in [3.63, 3.8) is 0 Å². The molecule has 2 nitrogen and oxygen atoms in total. The average Bonchev–Trinajstić information content (AvgIpc) is 2.35. The molecular formula is C15H17ClN2. The highest BCUT2D eigenvalue weighted by atomic mass is 35.5. The van der Waals surface area contributed by atoms with Gasteiger partial charge < -0.3 is 0 Å². The van der Waals surface area contributed by atoms with Crippen LogP contribution >= 0.6 is 11.6 Å². The lowest BCUT2D eigenvalue weighted by atomic mass is 9.90. The summed E-state index contributed by atoms with van der Waals surface area (Å²) < 4.78 is 0. The summed E-state index contributed by atoms with van der Waals surface area (Å²) in [6.45, 7) is 4.15. The van der Waals surface area contributed by atoms with Crippen molar-refractivity contribution in [1.29, 1.82) is 10.5 Å². The van der Waals surface area contributed by atoms with Crippen LogP contribution < -0.4 is 0 Å². The molecule has 0 aromatic heterocycles. The Balaban J connectivity index is 3.46. The van der Waals surface area contributed by atoms with Gasteiger partial charge in [0.05, 0.1) is 24.1 Å².